The molecule has 1 aromatic heterocycles. The summed E-state index contributed by atoms with van der Waals surface area (Å²) < 4.78 is 10.6. The first-order valence-electron chi connectivity index (χ1n) is 9.34. The van der Waals surface area contributed by atoms with Crippen LogP contribution in [0.25, 0.3) is 22.0 Å². The summed E-state index contributed by atoms with van der Waals surface area (Å²) in [4.78, 5) is 16.7. The highest BCUT2D eigenvalue weighted by Crippen LogP contribution is 2.28. The maximum atomic E-state index is 11.9. The third kappa shape index (κ3) is 5.00. The van der Waals surface area contributed by atoms with Crippen LogP contribution in [0.1, 0.15) is 26.5 Å². The average molecular weight is 378 g/mol. The van der Waals surface area contributed by atoms with Gasteiger partial charge in [-0.1, -0.05) is 30.3 Å². The van der Waals surface area contributed by atoms with Crippen LogP contribution in [0.2, 0.25) is 0 Å². The van der Waals surface area contributed by atoms with Crippen LogP contribution in [0.4, 0.5) is 4.79 Å². The Bertz CT molecular complexity index is 960. The standard InChI is InChI=1S/C23H26N2O3/c1-23(2,3)25-22(26)28-14-13-21-19(16-9-11-18(27-4)12-10-16)15-17-7-5-6-8-20(17)24-21/h5-12,15H,13-14H2,1-4H3,(H,25,26). The lowest BCUT2D eigenvalue weighted by Crippen LogP contribution is -2.41. The van der Waals surface area contributed by atoms with Crippen molar-refractivity contribution in [2.45, 2.75) is 32.7 Å². The zero-order valence-corrected chi connectivity index (χ0v) is 16.8. The number of carbonyl (C=O) groups excluding carboxylic acids is 1. The molecule has 3 aromatic rings. The molecule has 0 aliphatic rings. The second-order valence-electron chi connectivity index (χ2n) is 7.66. The Morgan fingerprint density at radius 1 is 1.07 bits per heavy atom. The van der Waals surface area contributed by atoms with E-state index >= 15 is 0 Å². The predicted molar refractivity (Wildman–Crippen MR) is 112 cm³/mol. The molecule has 28 heavy (non-hydrogen) atoms. The van der Waals surface area contributed by atoms with Crippen LogP contribution in [0.5, 0.6) is 5.75 Å². The molecule has 0 saturated heterocycles. The van der Waals surface area contributed by atoms with Gasteiger partial charge in [-0.25, -0.2) is 4.79 Å². The molecule has 3 rings (SSSR count). The summed E-state index contributed by atoms with van der Waals surface area (Å²) in [5, 5.41) is 3.87. The van der Waals surface area contributed by atoms with Gasteiger partial charge in [0.1, 0.15) is 5.75 Å². The molecule has 1 amide bonds. The fourth-order valence-electron chi connectivity index (χ4n) is 2.95. The van der Waals surface area contributed by atoms with E-state index in [1.54, 1.807) is 7.11 Å². The van der Waals surface area contributed by atoms with Crippen LogP contribution < -0.4 is 10.1 Å². The van der Waals surface area contributed by atoms with Crippen LogP contribution in [-0.4, -0.2) is 30.3 Å². The molecular weight excluding hydrogens is 352 g/mol. The lowest BCUT2D eigenvalue weighted by molar-refractivity contribution is 0.138. The second kappa shape index (κ2) is 8.30. The van der Waals surface area contributed by atoms with Crippen molar-refractivity contribution in [3.63, 3.8) is 0 Å². The van der Waals surface area contributed by atoms with Gasteiger partial charge in [0.25, 0.3) is 0 Å². The molecule has 0 saturated carbocycles. The number of para-hydroxylation sites is 1. The van der Waals surface area contributed by atoms with Crippen LogP contribution in [0.15, 0.2) is 54.6 Å². The van der Waals surface area contributed by atoms with E-state index in [9.17, 15) is 4.79 Å². The summed E-state index contributed by atoms with van der Waals surface area (Å²) in [5.41, 5.74) is 3.57. The topological polar surface area (TPSA) is 60.5 Å². The first-order valence-corrected chi connectivity index (χ1v) is 9.34. The smallest absolute Gasteiger partial charge is 0.407 e. The van der Waals surface area contributed by atoms with E-state index < -0.39 is 6.09 Å². The number of carbonyl (C=O) groups is 1. The number of nitrogens with one attached hydrogen (secondary N) is 1. The Morgan fingerprint density at radius 2 is 1.79 bits per heavy atom. The van der Waals surface area contributed by atoms with E-state index in [4.69, 9.17) is 14.5 Å². The molecule has 0 spiro atoms. The number of nitrogens with zero attached hydrogens (tertiary/aromatic N) is 1. The van der Waals surface area contributed by atoms with Crippen LogP contribution in [0, 0.1) is 0 Å². The molecule has 0 aliphatic carbocycles. The quantitative estimate of drug-likeness (QED) is 0.680. The van der Waals surface area contributed by atoms with Gasteiger partial charge in [0.05, 0.1) is 24.9 Å². The molecular formula is C23H26N2O3. The third-order valence-electron chi connectivity index (χ3n) is 4.25. The Hall–Kier alpha value is -3.08. The first kappa shape index (κ1) is 19.7. The van der Waals surface area contributed by atoms with E-state index in [-0.39, 0.29) is 12.1 Å². The molecule has 146 valence electrons. The maximum Gasteiger partial charge on any atom is 0.407 e. The van der Waals surface area contributed by atoms with Gasteiger partial charge in [0.15, 0.2) is 0 Å². The summed E-state index contributed by atoms with van der Waals surface area (Å²) in [5.74, 6) is 0.807. The Balaban J connectivity index is 1.85. The van der Waals surface area contributed by atoms with E-state index in [0.29, 0.717) is 6.42 Å². The van der Waals surface area contributed by atoms with Crippen molar-refractivity contribution in [3.8, 4) is 16.9 Å². The number of aromatic nitrogens is 1. The molecule has 0 unspecified atom stereocenters. The van der Waals surface area contributed by atoms with Gasteiger partial charge in [-0.2, -0.15) is 0 Å². The Morgan fingerprint density at radius 3 is 2.46 bits per heavy atom. The Kier molecular flexibility index (Phi) is 5.83. The zero-order valence-electron chi connectivity index (χ0n) is 16.8. The van der Waals surface area contributed by atoms with Crippen molar-refractivity contribution >= 4 is 17.0 Å². The number of rotatable bonds is 5. The second-order valence-corrected chi connectivity index (χ2v) is 7.66. The monoisotopic (exact) mass is 378 g/mol. The van der Waals surface area contributed by atoms with Gasteiger partial charge in [-0.05, 0) is 50.6 Å². The lowest BCUT2D eigenvalue weighted by Gasteiger charge is -2.20. The summed E-state index contributed by atoms with van der Waals surface area (Å²) in [6.07, 6.45) is 0.114. The van der Waals surface area contributed by atoms with E-state index in [1.165, 1.54) is 0 Å². The Labute approximate surface area is 165 Å². The van der Waals surface area contributed by atoms with Crippen molar-refractivity contribution in [1.29, 1.82) is 0 Å². The molecule has 0 radical (unpaired) electrons. The fourth-order valence-corrected chi connectivity index (χ4v) is 2.95. The molecule has 5 heteroatoms. The number of fused-ring (bicyclic) bond motifs is 1. The number of methoxy groups -OCH3 is 1. The first-order chi connectivity index (χ1) is 13.4. The van der Waals surface area contributed by atoms with Gasteiger partial charge in [0, 0.05) is 22.9 Å². The minimum atomic E-state index is -0.417. The lowest BCUT2D eigenvalue weighted by atomic mass is 10.00. The minimum absolute atomic E-state index is 0.260. The molecule has 0 fully saturated rings. The van der Waals surface area contributed by atoms with Crippen molar-refractivity contribution in [2.24, 2.45) is 0 Å². The number of ether oxygens (including phenoxy) is 2. The van der Waals surface area contributed by atoms with E-state index in [1.807, 2.05) is 69.3 Å². The number of pyridine rings is 1. The predicted octanol–water partition coefficient (Wildman–Crippen LogP) is 4.98. The average Bonchev–Trinajstić information content (AvgIpc) is 2.66. The molecule has 5 nitrogen and oxygen atoms in total. The van der Waals surface area contributed by atoms with Gasteiger partial charge < -0.3 is 14.8 Å². The molecule has 1 heterocycles. The van der Waals surface area contributed by atoms with Crippen molar-refractivity contribution in [3.05, 3.63) is 60.3 Å². The number of hydrogen-bond acceptors (Lipinski definition) is 4. The normalized spacial score (nSPS) is 11.3. The summed E-state index contributed by atoms with van der Waals surface area (Å²) in [6.45, 7) is 6.01. The molecule has 1 N–H and O–H groups in total. The minimum Gasteiger partial charge on any atom is -0.497 e. The van der Waals surface area contributed by atoms with Crippen LogP contribution in [-0.2, 0) is 11.2 Å². The number of hydrogen-bond donors (Lipinski definition) is 1. The number of benzene rings is 2. The summed E-state index contributed by atoms with van der Waals surface area (Å²) in [6, 6.07) is 18.0. The molecule has 0 bridgehead atoms. The van der Waals surface area contributed by atoms with E-state index in [2.05, 4.69) is 11.4 Å². The van der Waals surface area contributed by atoms with Gasteiger partial charge >= 0.3 is 6.09 Å². The number of alkyl carbamates (subject to hydrolysis) is 1. The zero-order chi connectivity index (χ0) is 20.1. The highest BCUT2D eigenvalue weighted by molar-refractivity contribution is 5.85. The van der Waals surface area contributed by atoms with Crippen LogP contribution >= 0.6 is 0 Å². The molecule has 0 aliphatic heterocycles. The fraction of sp³-hybridized carbons (Fsp3) is 0.304. The molecule has 0 atom stereocenters. The maximum absolute atomic E-state index is 11.9. The van der Waals surface area contributed by atoms with Gasteiger partial charge in [-0.15, -0.1) is 0 Å². The molecule has 2 aromatic carbocycles. The highest BCUT2D eigenvalue weighted by atomic mass is 16.5. The van der Waals surface area contributed by atoms with Gasteiger partial charge in [-0.3, -0.25) is 4.98 Å². The van der Waals surface area contributed by atoms with Gasteiger partial charge in [0.2, 0.25) is 0 Å². The highest BCUT2D eigenvalue weighted by Gasteiger charge is 2.15. The van der Waals surface area contributed by atoms with E-state index in [0.717, 1.165) is 33.5 Å². The summed E-state index contributed by atoms with van der Waals surface area (Å²) in [7, 11) is 1.65. The SMILES string of the molecule is COc1ccc(-c2cc3ccccc3nc2CCOC(=O)NC(C)(C)C)cc1. The third-order valence-corrected chi connectivity index (χ3v) is 4.25. The van der Waals surface area contributed by atoms with Crippen molar-refractivity contribution < 1.29 is 14.3 Å². The largest absolute Gasteiger partial charge is 0.497 e. The summed E-state index contributed by atoms with van der Waals surface area (Å²) >= 11 is 0. The number of amides is 1. The van der Waals surface area contributed by atoms with Crippen molar-refractivity contribution in [2.75, 3.05) is 13.7 Å². The van der Waals surface area contributed by atoms with Crippen molar-refractivity contribution in [1.82, 2.24) is 10.3 Å². The van der Waals surface area contributed by atoms with Crippen LogP contribution in [0.3, 0.4) is 0 Å².